The highest BCUT2D eigenvalue weighted by Gasteiger charge is 2.34. The van der Waals surface area contributed by atoms with Crippen LogP contribution in [0.5, 0.6) is 11.5 Å². The van der Waals surface area contributed by atoms with E-state index in [2.05, 4.69) is 37.3 Å². The van der Waals surface area contributed by atoms with Crippen LogP contribution in [0.15, 0.2) is 43.5 Å². The molecule has 60 heavy (non-hydrogen) atoms. The van der Waals surface area contributed by atoms with Gasteiger partial charge in [-0.2, -0.15) is 33.7 Å². The van der Waals surface area contributed by atoms with Gasteiger partial charge in [-0.05, 0) is 12.1 Å². The zero-order valence-corrected chi connectivity index (χ0v) is 35.6. The highest BCUT2D eigenvalue weighted by molar-refractivity contribution is 7.92. The Bertz CT molecular complexity index is 3090. The van der Waals surface area contributed by atoms with Gasteiger partial charge in [0.15, 0.2) is 42.5 Å². The van der Waals surface area contributed by atoms with E-state index in [0.717, 1.165) is 18.2 Å². The third-order valence-corrected chi connectivity index (χ3v) is 13.3. The van der Waals surface area contributed by atoms with E-state index in [1.165, 1.54) is 6.07 Å². The van der Waals surface area contributed by atoms with Gasteiger partial charge < -0.3 is 19.8 Å². The van der Waals surface area contributed by atoms with Crippen LogP contribution in [0.25, 0.3) is 22.6 Å². The maximum atomic E-state index is 13.6. The molecule has 2 aliphatic heterocycles. The zero-order valence-electron chi connectivity index (χ0n) is 29.2. The fourth-order valence-electron chi connectivity index (χ4n) is 5.09. The minimum atomic E-state index is -5.07. The molecule has 0 amide bonds. The van der Waals surface area contributed by atoms with E-state index in [1.54, 1.807) is 0 Å². The summed E-state index contributed by atoms with van der Waals surface area (Å²) in [5.74, 6) is -3.20. The van der Waals surface area contributed by atoms with Crippen LogP contribution in [0.4, 0.5) is 17.1 Å². The maximum absolute atomic E-state index is 13.6. The first-order valence-electron chi connectivity index (χ1n) is 15.6. The van der Waals surface area contributed by atoms with Gasteiger partial charge in [0, 0.05) is 24.4 Å². The average molecular weight is 1010 g/mol. The summed E-state index contributed by atoms with van der Waals surface area (Å²) in [5.41, 5.74) is -1.93. The van der Waals surface area contributed by atoms with E-state index in [-0.39, 0.29) is 57.3 Å². The van der Waals surface area contributed by atoms with Crippen LogP contribution in [0.1, 0.15) is 0 Å². The summed E-state index contributed by atoms with van der Waals surface area (Å²) in [4.78, 5) is 7.04. The zero-order chi connectivity index (χ0) is 44.6. The van der Waals surface area contributed by atoms with E-state index < -0.39 is 131 Å². The van der Waals surface area contributed by atoms with Crippen LogP contribution in [-0.2, 0) is 78.0 Å². The summed E-state index contributed by atoms with van der Waals surface area (Å²) >= 11 is 13.5. The monoisotopic (exact) mass is 1010 g/mol. The van der Waals surface area contributed by atoms with Crippen molar-refractivity contribution in [3.8, 4) is 23.0 Å². The van der Waals surface area contributed by atoms with E-state index in [4.69, 9.17) is 50.6 Å². The van der Waals surface area contributed by atoms with Gasteiger partial charge in [0.25, 0.3) is 0 Å². The molecule has 2 aromatic carbocycles. The molecule has 0 saturated heterocycles. The fourth-order valence-corrected chi connectivity index (χ4v) is 9.55. The number of aromatic nitrogens is 1. The summed E-state index contributed by atoms with van der Waals surface area (Å²) in [7, 11) is -29.1. The second-order valence-corrected chi connectivity index (χ2v) is 20.8. The number of hydrogen-bond donors (Lipinski definition) is 6. The third kappa shape index (κ3) is 12.3. The fraction of sp³-hybridized carbons (Fsp3) is 0.308. The molecule has 0 radical (unpaired) electrons. The van der Waals surface area contributed by atoms with Gasteiger partial charge in [0.05, 0.1) is 59.6 Å². The van der Waals surface area contributed by atoms with Crippen molar-refractivity contribution in [2.24, 2.45) is 4.99 Å². The van der Waals surface area contributed by atoms with E-state index in [0.29, 0.717) is 0 Å². The SMILES string of the molecule is O=S(=O)(O)OCCN=c1cc2oc3c(Cl)c4c(c(Cl)c3nc-2c(S(=O)(=O)CCOS(=O)(=O)O)c1)Oc1cc(NCCOS(=O)(=O)O)cc(S(=O)(=O)CCOS(=O)(=O)O)c1N4. The van der Waals surface area contributed by atoms with Gasteiger partial charge >= 0.3 is 41.6 Å². The van der Waals surface area contributed by atoms with Crippen LogP contribution < -0.4 is 20.7 Å². The molecular formula is C26H26Cl2N4O22S6. The van der Waals surface area contributed by atoms with Crippen molar-refractivity contribution in [1.29, 1.82) is 0 Å². The number of halogens is 2. The van der Waals surface area contributed by atoms with Crippen LogP contribution in [-0.4, -0.2) is 125 Å². The Morgan fingerprint density at radius 1 is 0.683 bits per heavy atom. The van der Waals surface area contributed by atoms with Gasteiger partial charge in [0.1, 0.15) is 32.6 Å². The normalized spacial score (nSPS) is 14.1. The Kier molecular flexibility index (Phi) is 14.0. The highest BCUT2D eigenvalue weighted by atomic mass is 35.5. The standard InChI is InChI=1S/C26H26Cl2N4O22S6/c27-19-24-26(54-16-10-14(30-2-4-50-58(40,41)42)12-18(22(16)32-24)56(35,36)8-6-52-60(46,47)48)20(28)23-25(19)53-15-9-13(29-1-3-49-57(37,38)39)11-17(21(15)31-23)55(33,34)7-5-51-59(43,44)45/h9-12,29,31H,1-8H2,(H,37,38,39)(H,40,41,42)(H,43,44,45)(H,46,47,48). The molecule has 0 bridgehead atoms. The lowest BCUT2D eigenvalue weighted by Crippen LogP contribution is -2.19. The number of sulfone groups is 2. The lowest BCUT2D eigenvalue weighted by Gasteiger charge is -2.27. The minimum absolute atomic E-state index is 0.0899. The highest BCUT2D eigenvalue weighted by Crippen LogP contribution is 2.55. The first-order valence-corrected chi connectivity index (χ1v) is 25.2. The summed E-state index contributed by atoms with van der Waals surface area (Å²) in [5, 5.41) is 4.31. The first kappa shape index (κ1) is 47.5. The van der Waals surface area contributed by atoms with Crippen molar-refractivity contribution in [1.82, 2.24) is 4.98 Å². The Balaban J connectivity index is 1.67. The predicted octanol–water partition coefficient (Wildman–Crippen LogP) is 1.23. The second-order valence-electron chi connectivity index (χ2n) is 11.5. The molecule has 5 rings (SSSR count). The van der Waals surface area contributed by atoms with Crippen LogP contribution >= 0.6 is 23.2 Å². The number of rotatable bonds is 19. The number of nitrogens with one attached hydrogen (secondary N) is 2. The molecule has 0 spiro atoms. The van der Waals surface area contributed by atoms with Crippen molar-refractivity contribution in [3.05, 3.63) is 39.7 Å². The quantitative estimate of drug-likeness (QED) is 0.0385. The number of anilines is 3. The number of nitrogens with zero attached hydrogens (tertiary/aromatic N) is 2. The Labute approximate surface area is 349 Å². The number of fused-ring (bicyclic) bond motifs is 4. The summed E-state index contributed by atoms with van der Waals surface area (Å²) < 4.78 is 207. The molecule has 2 heterocycles. The van der Waals surface area contributed by atoms with Crippen molar-refractivity contribution in [2.45, 2.75) is 9.79 Å². The van der Waals surface area contributed by atoms with Crippen LogP contribution in [0.3, 0.4) is 0 Å². The van der Waals surface area contributed by atoms with Crippen LogP contribution in [0, 0.1) is 0 Å². The van der Waals surface area contributed by atoms with E-state index in [9.17, 15) is 50.5 Å². The third-order valence-electron chi connectivity index (χ3n) is 7.38. The number of hydrogen-bond acceptors (Lipinski definition) is 22. The second kappa shape index (κ2) is 17.7. The van der Waals surface area contributed by atoms with E-state index in [1.807, 2.05) is 0 Å². The molecule has 2 aromatic rings. The molecule has 0 saturated carbocycles. The average Bonchev–Trinajstić information content (AvgIpc) is 3.10. The van der Waals surface area contributed by atoms with Crippen molar-refractivity contribution in [2.75, 3.05) is 61.7 Å². The van der Waals surface area contributed by atoms with Gasteiger partial charge in [-0.15, -0.1) is 0 Å². The Hall–Kier alpha value is -3.58. The summed E-state index contributed by atoms with van der Waals surface area (Å²) in [6.07, 6.45) is 0. The van der Waals surface area contributed by atoms with Crippen molar-refractivity contribution < 1.29 is 94.6 Å². The number of ether oxygens (including phenoxy) is 1. The molecule has 3 aliphatic rings. The molecule has 332 valence electrons. The predicted molar refractivity (Wildman–Crippen MR) is 203 cm³/mol. The van der Waals surface area contributed by atoms with Crippen molar-refractivity contribution in [3.63, 3.8) is 0 Å². The molecule has 6 N–H and O–H groups in total. The summed E-state index contributed by atoms with van der Waals surface area (Å²) in [6.45, 7) is -4.34. The van der Waals surface area contributed by atoms with Gasteiger partial charge in [-0.3, -0.25) is 23.2 Å². The van der Waals surface area contributed by atoms with Gasteiger partial charge in [0.2, 0.25) is 0 Å². The van der Waals surface area contributed by atoms with Gasteiger partial charge in [-0.1, -0.05) is 23.2 Å². The van der Waals surface area contributed by atoms with Gasteiger partial charge in [-0.25, -0.2) is 38.6 Å². The van der Waals surface area contributed by atoms with Crippen LogP contribution in [0.2, 0.25) is 10.0 Å². The molecular weight excluding hydrogens is 984 g/mol. The topological polar surface area (TPSA) is 394 Å². The smallest absolute Gasteiger partial charge is 0.397 e. The number of benzene rings is 3. The van der Waals surface area contributed by atoms with E-state index >= 15 is 0 Å². The Morgan fingerprint density at radius 2 is 1.23 bits per heavy atom. The maximum Gasteiger partial charge on any atom is 0.397 e. The van der Waals surface area contributed by atoms with Crippen molar-refractivity contribution >= 4 is 113 Å². The lowest BCUT2D eigenvalue weighted by molar-refractivity contribution is 0.275. The molecule has 0 atom stereocenters. The minimum Gasteiger partial charge on any atom is -0.451 e. The largest absolute Gasteiger partial charge is 0.451 e. The summed E-state index contributed by atoms with van der Waals surface area (Å²) in [6, 6.07) is 4.22. The molecule has 34 heteroatoms. The molecule has 0 aromatic heterocycles. The first-order chi connectivity index (χ1) is 27.5. The molecule has 1 aliphatic carbocycles. The molecule has 26 nitrogen and oxygen atoms in total. The lowest BCUT2D eigenvalue weighted by atomic mass is 10.1. The Morgan fingerprint density at radius 3 is 1.82 bits per heavy atom. The molecule has 0 unspecified atom stereocenters. The molecule has 0 fully saturated rings.